The van der Waals surface area contributed by atoms with Crippen molar-refractivity contribution >= 4 is 35.6 Å². The van der Waals surface area contributed by atoms with E-state index in [4.69, 9.17) is 28.7 Å². The highest BCUT2D eigenvalue weighted by atomic mass is 16.4. The topological polar surface area (TPSA) is 271 Å². The largest absolute Gasteiger partial charge is 0.480 e. The number of carbonyl (C=O) groups excluding carboxylic acids is 3. The molecule has 226 valence electrons. The van der Waals surface area contributed by atoms with Gasteiger partial charge in [-0.3, -0.25) is 24.4 Å². The molecule has 1 aromatic rings. The Kier molecular flexibility index (Phi) is 13.3. The molecule has 0 aromatic heterocycles. The van der Waals surface area contributed by atoms with Crippen LogP contribution in [0.15, 0.2) is 40.3 Å². The molecular formula is C26H42N10O5. The fourth-order valence-corrected chi connectivity index (χ4v) is 4.52. The number of likely N-dealkylation sites (tertiary alicyclic amines) is 1. The number of hydrogen-bond acceptors (Lipinski definition) is 7. The van der Waals surface area contributed by atoms with Crippen LogP contribution >= 0.6 is 0 Å². The van der Waals surface area contributed by atoms with Crippen LogP contribution in [0, 0.1) is 0 Å². The highest BCUT2D eigenvalue weighted by molar-refractivity contribution is 5.94. The summed E-state index contributed by atoms with van der Waals surface area (Å²) in [6, 6.07) is 5.04. The first-order valence-corrected chi connectivity index (χ1v) is 13.5. The number of nitrogens with two attached hydrogens (primary N) is 5. The predicted molar refractivity (Wildman–Crippen MR) is 154 cm³/mol. The number of carboxylic acids is 1. The number of aliphatic imine (C=N–C) groups is 2. The van der Waals surface area contributed by atoms with Gasteiger partial charge in [-0.2, -0.15) is 0 Å². The van der Waals surface area contributed by atoms with Crippen LogP contribution in [0.1, 0.15) is 44.1 Å². The smallest absolute Gasteiger partial charge is 0.326 e. The number of nitrogens with one attached hydrogen (secondary N) is 2. The number of benzene rings is 1. The molecule has 1 aliphatic rings. The molecule has 41 heavy (non-hydrogen) atoms. The third-order valence-corrected chi connectivity index (χ3v) is 6.60. The quantitative estimate of drug-likeness (QED) is 0.0594. The average molecular weight is 575 g/mol. The van der Waals surface area contributed by atoms with E-state index in [2.05, 4.69) is 20.6 Å². The van der Waals surface area contributed by atoms with Crippen LogP contribution < -0.4 is 39.3 Å². The second-order valence-electron chi connectivity index (χ2n) is 9.84. The molecular weight excluding hydrogens is 532 g/mol. The van der Waals surface area contributed by atoms with E-state index < -0.39 is 42.0 Å². The maximum absolute atomic E-state index is 13.4. The molecule has 2 rings (SSSR count). The molecule has 0 aliphatic carbocycles. The lowest BCUT2D eigenvalue weighted by molar-refractivity contribution is -0.143. The fraction of sp³-hybridized carbons (Fsp3) is 0.538. The number of amides is 3. The molecule has 15 heteroatoms. The van der Waals surface area contributed by atoms with Gasteiger partial charge in [0.15, 0.2) is 11.9 Å². The molecule has 15 nitrogen and oxygen atoms in total. The van der Waals surface area contributed by atoms with Gasteiger partial charge in [0.2, 0.25) is 17.7 Å². The summed E-state index contributed by atoms with van der Waals surface area (Å²) in [5.41, 5.74) is 28.1. The van der Waals surface area contributed by atoms with Crippen LogP contribution in [-0.2, 0) is 25.6 Å². The van der Waals surface area contributed by atoms with Crippen LogP contribution in [0.2, 0.25) is 0 Å². The van der Waals surface area contributed by atoms with Gasteiger partial charge in [0.1, 0.15) is 18.1 Å². The lowest BCUT2D eigenvalue weighted by Gasteiger charge is -2.28. The first-order chi connectivity index (χ1) is 19.5. The van der Waals surface area contributed by atoms with E-state index in [0.29, 0.717) is 45.2 Å². The van der Waals surface area contributed by atoms with Crippen molar-refractivity contribution in [2.75, 3.05) is 19.6 Å². The van der Waals surface area contributed by atoms with Crippen molar-refractivity contribution in [3.05, 3.63) is 35.9 Å². The van der Waals surface area contributed by atoms with Gasteiger partial charge < -0.3 is 49.3 Å². The van der Waals surface area contributed by atoms with E-state index in [1.807, 2.05) is 6.07 Å². The van der Waals surface area contributed by atoms with E-state index in [1.165, 1.54) is 4.90 Å². The summed E-state index contributed by atoms with van der Waals surface area (Å²) in [7, 11) is 0. The molecule has 1 aliphatic heterocycles. The minimum Gasteiger partial charge on any atom is -0.480 e. The molecule has 0 saturated carbocycles. The molecule has 0 spiro atoms. The van der Waals surface area contributed by atoms with Crippen LogP contribution in [0.4, 0.5) is 0 Å². The average Bonchev–Trinajstić information content (AvgIpc) is 3.42. The van der Waals surface area contributed by atoms with Crippen molar-refractivity contribution in [2.24, 2.45) is 38.7 Å². The van der Waals surface area contributed by atoms with Gasteiger partial charge in [-0.05, 0) is 44.1 Å². The molecule has 13 N–H and O–H groups in total. The number of carboxylic acid groups (broad SMARTS) is 1. The van der Waals surface area contributed by atoms with Gasteiger partial charge in [-0.25, -0.2) is 4.79 Å². The van der Waals surface area contributed by atoms with Gasteiger partial charge in [0, 0.05) is 26.1 Å². The Bertz CT molecular complexity index is 1090. The monoisotopic (exact) mass is 574 g/mol. The second kappa shape index (κ2) is 16.6. The van der Waals surface area contributed by atoms with Gasteiger partial charge in [-0.1, -0.05) is 30.3 Å². The van der Waals surface area contributed by atoms with Crippen LogP contribution in [-0.4, -0.2) is 89.4 Å². The van der Waals surface area contributed by atoms with Crippen molar-refractivity contribution < 1.29 is 24.3 Å². The van der Waals surface area contributed by atoms with E-state index >= 15 is 0 Å². The molecule has 4 atom stereocenters. The highest BCUT2D eigenvalue weighted by Crippen LogP contribution is 2.20. The van der Waals surface area contributed by atoms with Gasteiger partial charge in [-0.15, -0.1) is 0 Å². The number of guanidine groups is 2. The van der Waals surface area contributed by atoms with Crippen molar-refractivity contribution in [1.29, 1.82) is 0 Å². The summed E-state index contributed by atoms with van der Waals surface area (Å²) in [5.74, 6) is -2.94. The molecule has 0 bridgehead atoms. The summed E-state index contributed by atoms with van der Waals surface area (Å²) in [6.07, 6.45) is 2.33. The molecule has 0 radical (unpaired) electrons. The van der Waals surface area contributed by atoms with E-state index in [1.54, 1.807) is 24.3 Å². The minimum atomic E-state index is -1.23. The summed E-state index contributed by atoms with van der Waals surface area (Å²) in [4.78, 5) is 60.7. The summed E-state index contributed by atoms with van der Waals surface area (Å²) >= 11 is 0. The Balaban J connectivity index is 2.11. The number of carbonyl (C=O) groups is 4. The Hall–Kier alpha value is -4.40. The highest BCUT2D eigenvalue weighted by Gasteiger charge is 2.37. The third-order valence-electron chi connectivity index (χ3n) is 6.60. The lowest BCUT2D eigenvalue weighted by Crippen LogP contribution is -2.57. The fourth-order valence-electron chi connectivity index (χ4n) is 4.52. The summed E-state index contributed by atoms with van der Waals surface area (Å²) in [5, 5.41) is 14.9. The third kappa shape index (κ3) is 11.3. The Morgan fingerprint density at radius 3 is 2.12 bits per heavy atom. The van der Waals surface area contributed by atoms with Crippen LogP contribution in [0.3, 0.4) is 0 Å². The van der Waals surface area contributed by atoms with E-state index in [9.17, 15) is 24.3 Å². The minimum absolute atomic E-state index is 0.0455. The Morgan fingerprint density at radius 1 is 0.927 bits per heavy atom. The van der Waals surface area contributed by atoms with Crippen molar-refractivity contribution in [3.8, 4) is 0 Å². The molecule has 1 fully saturated rings. The Labute approximate surface area is 239 Å². The zero-order valence-corrected chi connectivity index (χ0v) is 23.1. The maximum atomic E-state index is 13.4. The standard InChI is InChI=1S/C26H42N10O5/c27-17(9-4-12-32-25(28)29)23(39)36-14-6-11-20(36)22(38)35-19(15-16-7-2-1-3-8-16)21(37)34-18(24(40)41)10-5-13-33-26(30)31/h1-3,7-8,17-20H,4-6,9-15,27H2,(H,34,37)(H,35,38)(H,40,41)(H4,28,29,32)(H4,30,31,33). The molecule has 1 saturated heterocycles. The maximum Gasteiger partial charge on any atom is 0.326 e. The SMILES string of the molecule is NC(N)=NCCCC(N)C(=O)N1CCCC1C(=O)NC(Cc1ccccc1)C(=O)NC(CCCN=C(N)N)C(=O)O. The zero-order chi connectivity index (χ0) is 30.4. The summed E-state index contributed by atoms with van der Waals surface area (Å²) in [6.45, 7) is 0.883. The molecule has 3 amide bonds. The van der Waals surface area contributed by atoms with Gasteiger partial charge >= 0.3 is 5.97 Å². The molecule has 1 heterocycles. The predicted octanol–water partition coefficient (Wildman–Crippen LogP) is -2.29. The first-order valence-electron chi connectivity index (χ1n) is 13.5. The van der Waals surface area contributed by atoms with E-state index in [-0.39, 0.29) is 37.2 Å². The second-order valence-corrected chi connectivity index (χ2v) is 9.84. The van der Waals surface area contributed by atoms with Gasteiger partial charge in [0.25, 0.3) is 0 Å². The normalized spacial score (nSPS) is 16.6. The summed E-state index contributed by atoms with van der Waals surface area (Å²) < 4.78 is 0. The van der Waals surface area contributed by atoms with Crippen LogP contribution in [0.25, 0.3) is 0 Å². The van der Waals surface area contributed by atoms with E-state index in [0.717, 1.165) is 5.56 Å². The number of rotatable bonds is 16. The molecule has 1 aromatic carbocycles. The van der Waals surface area contributed by atoms with Gasteiger partial charge in [0.05, 0.1) is 6.04 Å². The number of aliphatic carboxylic acids is 1. The van der Waals surface area contributed by atoms with Crippen molar-refractivity contribution in [1.82, 2.24) is 15.5 Å². The Morgan fingerprint density at radius 2 is 1.54 bits per heavy atom. The van der Waals surface area contributed by atoms with Crippen molar-refractivity contribution in [3.63, 3.8) is 0 Å². The number of nitrogens with zero attached hydrogens (tertiary/aromatic N) is 3. The molecule has 4 unspecified atom stereocenters. The van der Waals surface area contributed by atoms with Crippen molar-refractivity contribution in [2.45, 2.75) is 69.1 Å². The van der Waals surface area contributed by atoms with Crippen LogP contribution in [0.5, 0.6) is 0 Å². The zero-order valence-electron chi connectivity index (χ0n) is 23.1. The lowest BCUT2D eigenvalue weighted by atomic mass is 10.0. The first kappa shape index (κ1) is 32.8. The number of hydrogen-bond donors (Lipinski definition) is 8.